The van der Waals surface area contributed by atoms with E-state index in [4.69, 9.17) is 10.5 Å². The first-order valence-electron chi connectivity index (χ1n) is 7.11. The SMILES string of the molecule is C[C@@H](N)c1ccc(Oc2ccc(C(C)(C)C)cc2)c(F)c1. The van der Waals surface area contributed by atoms with Crippen molar-refractivity contribution in [2.45, 2.75) is 39.2 Å². The third-order valence-corrected chi connectivity index (χ3v) is 3.43. The molecule has 0 aliphatic rings. The number of nitrogens with two attached hydrogens (primary N) is 1. The molecule has 0 saturated heterocycles. The molecule has 0 radical (unpaired) electrons. The van der Waals surface area contributed by atoms with Crippen LogP contribution in [0.4, 0.5) is 4.39 Å². The maximum Gasteiger partial charge on any atom is 0.166 e. The highest BCUT2D eigenvalue weighted by molar-refractivity contribution is 5.37. The van der Waals surface area contributed by atoms with Crippen molar-refractivity contribution in [3.63, 3.8) is 0 Å². The first-order chi connectivity index (χ1) is 9.77. The fraction of sp³-hybridized carbons (Fsp3) is 0.333. The molecule has 0 heterocycles. The van der Waals surface area contributed by atoms with Crippen LogP contribution >= 0.6 is 0 Å². The van der Waals surface area contributed by atoms with Gasteiger partial charge in [0.1, 0.15) is 5.75 Å². The summed E-state index contributed by atoms with van der Waals surface area (Å²) in [6.07, 6.45) is 0. The second kappa shape index (κ2) is 5.86. The van der Waals surface area contributed by atoms with Gasteiger partial charge < -0.3 is 10.5 Å². The summed E-state index contributed by atoms with van der Waals surface area (Å²) < 4.78 is 19.6. The Morgan fingerprint density at radius 3 is 2.14 bits per heavy atom. The van der Waals surface area contributed by atoms with Crippen molar-refractivity contribution >= 4 is 0 Å². The quantitative estimate of drug-likeness (QED) is 0.868. The van der Waals surface area contributed by atoms with E-state index in [0.717, 1.165) is 5.56 Å². The minimum absolute atomic E-state index is 0.0860. The van der Waals surface area contributed by atoms with Crippen molar-refractivity contribution in [1.82, 2.24) is 0 Å². The van der Waals surface area contributed by atoms with E-state index >= 15 is 0 Å². The molecule has 0 aliphatic heterocycles. The lowest BCUT2D eigenvalue weighted by atomic mass is 9.87. The summed E-state index contributed by atoms with van der Waals surface area (Å²) in [5, 5.41) is 0. The average molecular weight is 287 g/mol. The molecule has 2 N–H and O–H groups in total. The lowest BCUT2D eigenvalue weighted by Crippen LogP contribution is -2.10. The van der Waals surface area contributed by atoms with Gasteiger partial charge in [-0.3, -0.25) is 0 Å². The topological polar surface area (TPSA) is 35.2 Å². The molecule has 0 saturated carbocycles. The van der Waals surface area contributed by atoms with Crippen LogP contribution in [0.2, 0.25) is 0 Å². The molecule has 0 aliphatic carbocycles. The largest absolute Gasteiger partial charge is 0.454 e. The monoisotopic (exact) mass is 287 g/mol. The summed E-state index contributed by atoms with van der Waals surface area (Å²) in [6.45, 7) is 8.26. The van der Waals surface area contributed by atoms with Crippen molar-refractivity contribution in [3.05, 3.63) is 59.4 Å². The van der Waals surface area contributed by atoms with E-state index in [1.54, 1.807) is 12.1 Å². The van der Waals surface area contributed by atoms with Gasteiger partial charge in [-0.25, -0.2) is 4.39 Å². The van der Waals surface area contributed by atoms with Crippen LogP contribution in [0.3, 0.4) is 0 Å². The minimum Gasteiger partial charge on any atom is -0.454 e. The van der Waals surface area contributed by atoms with Gasteiger partial charge in [-0.2, -0.15) is 0 Å². The zero-order valence-electron chi connectivity index (χ0n) is 13.0. The Hall–Kier alpha value is -1.87. The van der Waals surface area contributed by atoms with Crippen LogP contribution in [-0.2, 0) is 5.41 Å². The van der Waals surface area contributed by atoms with Crippen LogP contribution in [0.25, 0.3) is 0 Å². The molecule has 21 heavy (non-hydrogen) atoms. The highest BCUT2D eigenvalue weighted by atomic mass is 19.1. The number of hydrogen-bond donors (Lipinski definition) is 1. The second-order valence-electron chi connectivity index (χ2n) is 6.35. The first-order valence-corrected chi connectivity index (χ1v) is 7.11. The van der Waals surface area contributed by atoms with Crippen molar-refractivity contribution in [3.8, 4) is 11.5 Å². The summed E-state index contributed by atoms with van der Waals surface area (Å²) in [7, 11) is 0. The van der Waals surface area contributed by atoms with Gasteiger partial charge >= 0.3 is 0 Å². The highest BCUT2D eigenvalue weighted by Gasteiger charge is 2.13. The van der Waals surface area contributed by atoms with E-state index in [1.165, 1.54) is 11.6 Å². The summed E-state index contributed by atoms with van der Waals surface area (Å²) >= 11 is 0. The molecule has 1 atom stereocenters. The first kappa shape index (κ1) is 15.5. The van der Waals surface area contributed by atoms with E-state index in [-0.39, 0.29) is 17.2 Å². The van der Waals surface area contributed by atoms with Gasteiger partial charge in [0.25, 0.3) is 0 Å². The molecule has 0 spiro atoms. The van der Waals surface area contributed by atoms with Crippen molar-refractivity contribution in [1.29, 1.82) is 0 Å². The normalized spacial score (nSPS) is 13.0. The smallest absolute Gasteiger partial charge is 0.166 e. The van der Waals surface area contributed by atoms with Gasteiger partial charge in [-0.15, -0.1) is 0 Å². The lowest BCUT2D eigenvalue weighted by molar-refractivity contribution is 0.440. The van der Waals surface area contributed by atoms with Gasteiger partial charge in [0, 0.05) is 6.04 Å². The van der Waals surface area contributed by atoms with Crippen molar-refractivity contribution in [2.75, 3.05) is 0 Å². The molecule has 0 amide bonds. The van der Waals surface area contributed by atoms with Gasteiger partial charge in [0.2, 0.25) is 0 Å². The molecule has 3 heteroatoms. The van der Waals surface area contributed by atoms with Crippen LogP contribution in [0.1, 0.15) is 44.9 Å². The van der Waals surface area contributed by atoms with Crippen LogP contribution in [0, 0.1) is 5.82 Å². The maximum absolute atomic E-state index is 14.0. The standard InChI is InChI=1S/C18H22FNO/c1-12(20)13-5-10-17(16(19)11-13)21-15-8-6-14(7-9-15)18(2,3)4/h5-12H,20H2,1-4H3/t12-/m1/s1. The molecule has 2 aromatic rings. The average Bonchev–Trinajstić information content (AvgIpc) is 2.40. The van der Waals surface area contributed by atoms with E-state index in [0.29, 0.717) is 5.75 Å². The van der Waals surface area contributed by atoms with Crippen molar-refractivity contribution in [2.24, 2.45) is 5.73 Å². The maximum atomic E-state index is 14.0. The lowest BCUT2D eigenvalue weighted by Gasteiger charge is -2.19. The molecular weight excluding hydrogens is 265 g/mol. The van der Waals surface area contributed by atoms with Crippen LogP contribution in [-0.4, -0.2) is 0 Å². The van der Waals surface area contributed by atoms with E-state index in [9.17, 15) is 4.39 Å². The number of rotatable bonds is 3. The Balaban J connectivity index is 2.19. The molecule has 112 valence electrons. The molecule has 0 fully saturated rings. The molecular formula is C18H22FNO. The third-order valence-electron chi connectivity index (χ3n) is 3.43. The van der Waals surface area contributed by atoms with Crippen molar-refractivity contribution < 1.29 is 9.13 Å². The van der Waals surface area contributed by atoms with Gasteiger partial charge in [0.05, 0.1) is 0 Å². The van der Waals surface area contributed by atoms with Crippen LogP contribution in [0.15, 0.2) is 42.5 Å². The zero-order chi connectivity index (χ0) is 15.6. The number of ether oxygens (including phenoxy) is 1. The predicted molar refractivity (Wildman–Crippen MR) is 84.2 cm³/mol. The molecule has 0 bridgehead atoms. The fourth-order valence-corrected chi connectivity index (χ4v) is 2.03. The molecule has 2 aromatic carbocycles. The summed E-state index contributed by atoms with van der Waals surface area (Å²) in [6, 6.07) is 12.4. The van der Waals surface area contributed by atoms with Crippen LogP contribution in [0.5, 0.6) is 11.5 Å². The highest BCUT2D eigenvalue weighted by Crippen LogP contribution is 2.29. The Morgan fingerprint density at radius 1 is 1.05 bits per heavy atom. The van der Waals surface area contributed by atoms with E-state index in [2.05, 4.69) is 20.8 Å². The molecule has 0 unspecified atom stereocenters. The predicted octanol–water partition coefficient (Wildman–Crippen LogP) is 4.94. The number of halogens is 1. The summed E-state index contributed by atoms with van der Waals surface area (Å²) in [5.41, 5.74) is 7.78. The molecule has 2 nitrogen and oxygen atoms in total. The number of benzene rings is 2. The minimum atomic E-state index is -0.398. The molecule has 0 aromatic heterocycles. The Labute approximate surface area is 125 Å². The third kappa shape index (κ3) is 3.82. The Morgan fingerprint density at radius 2 is 1.67 bits per heavy atom. The zero-order valence-corrected chi connectivity index (χ0v) is 13.0. The van der Waals surface area contributed by atoms with E-state index < -0.39 is 5.82 Å². The Bertz CT molecular complexity index is 612. The van der Waals surface area contributed by atoms with Gasteiger partial charge in [0.15, 0.2) is 11.6 Å². The molecule has 2 rings (SSSR count). The van der Waals surface area contributed by atoms with E-state index in [1.807, 2.05) is 31.2 Å². The number of hydrogen-bond acceptors (Lipinski definition) is 2. The summed E-state index contributed by atoms with van der Waals surface area (Å²) in [4.78, 5) is 0. The Kier molecular flexibility index (Phi) is 4.33. The fourth-order valence-electron chi connectivity index (χ4n) is 2.03. The summed E-state index contributed by atoms with van der Waals surface area (Å²) in [5.74, 6) is 0.433. The van der Waals surface area contributed by atoms with Gasteiger partial charge in [-0.1, -0.05) is 39.0 Å². The van der Waals surface area contributed by atoms with Gasteiger partial charge in [-0.05, 0) is 47.7 Å². The van der Waals surface area contributed by atoms with Crippen LogP contribution < -0.4 is 10.5 Å². The second-order valence-corrected chi connectivity index (χ2v) is 6.35.